The lowest BCUT2D eigenvalue weighted by Crippen LogP contribution is -2.62. The normalized spacial score (nSPS) is 24.9. The zero-order valence-electron chi connectivity index (χ0n) is 24.5. The Kier molecular flexibility index (Phi) is 8.71. The molecule has 0 saturated carbocycles. The molecule has 0 bridgehead atoms. The molecular weight excluding hydrogens is 557 g/mol. The van der Waals surface area contributed by atoms with Gasteiger partial charge in [0.1, 0.15) is 28.8 Å². The molecule has 0 radical (unpaired) electrons. The van der Waals surface area contributed by atoms with E-state index in [4.69, 9.17) is 9.47 Å². The molecule has 42 heavy (non-hydrogen) atoms. The molecule has 4 amide bonds. The molecular formula is C29H39F3N4O6. The fourth-order valence-corrected chi connectivity index (χ4v) is 5.65. The average Bonchev–Trinajstić information content (AvgIpc) is 3.31. The summed E-state index contributed by atoms with van der Waals surface area (Å²) < 4.78 is 52.3. The van der Waals surface area contributed by atoms with Crippen LogP contribution in [0.15, 0.2) is 24.3 Å². The number of amides is 4. The molecule has 4 rings (SSSR count). The summed E-state index contributed by atoms with van der Waals surface area (Å²) in [6.45, 7) is 6.30. The monoisotopic (exact) mass is 596 g/mol. The maximum absolute atomic E-state index is 14.0. The molecule has 13 heteroatoms. The predicted octanol–water partition coefficient (Wildman–Crippen LogP) is 3.70. The van der Waals surface area contributed by atoms with E-state index in [1.165, 1.54) is 4.90 Å². The summed E-state index contributed by atoms with van der Waals surface area (Å²) in [7, 11) is 0. The Morgan fingerprint density at radius 1 is 0.952 bits per heavy atom. The van der Waals surface area contributed by atoms with Gasteiger partial charge in [0.05, 0.1) is 19.2 Å². The number of para-hydroxylation sites is 1. The van der Waals surface area contributed by atoms with Gasteiger partial charge in [0.2, 0.25) is 17.7 Å². The van der Waals surface area contributed by atoms with Gasteiger partial charge >= 0.3 is 12.3 Å². The van der Waals surface area contributed by atoms with E-state index in [0.717, 1.165) is 24.3 Å². The molecule has 10 nitrogen and oxygen atoms in total. The lowest BCUT2D eigenvalue weighted by Gasteiger charge is -2.41. The molecule has 1 aromatic rings. The summed E-state index contributed by atoms with van der Waals surface area (Å²) in [4.78, 5) is 55.9. The van der Waals surface area contributed by atoms with E-state index < -0.39 is 59.8 Å². The van der Waals surface area contributed by atoms with Crippen molar-refractivity contribution in [1.29, 1.82) is 0 Å². The molecule has 0 spiro atoms. The zero-order chi connectivity index (χ0) is 31.0. The fraction of sp³-hybridized carbons (Fsp3) is 0.655. The van der Waals surface area contributed by atoms with Gasteiger partial charge in [-0.1, -0.05) is 18.2 Å². The van der Waals surface area contributed by atoms with Crippen LogP contribution < -0.4 is 15.4 Å². The number of ether oxygens (including phenoxy) is 2. The van der Waals surface area contributed by atoms with Gasteiger partial charge in [0.25, 0.3) is 0 Å². The van der Waals surface area contributed by atoms with E-state index >= 15 is 0 Å². The van der Waals surface area contributed by atoms with Gasteiger partial charge in [0.15, 0.2) is 0 Å². The van der Waals surface area contributed by atoms with Crippen LogP contribution in [0.3, 0.4) is 0 Å². The molecule has 4 atom stereocenters. The van der Waals surface area contributed by atoms with Crippen molar-refractivity contribution in [2.24, 2.45) is 5.41 Å². The van der Waals surface area contributed by atoms with E-state index in [1.54, 1.807) is 20.8 Å². The van der Waals surface area contributed by atoms with Crippen LogP contribution in [0.25, 0.3) is 0 Å². The molecule has 2 N–H and O–H groups in total. The summed E-state index contributed by atoms with van der Waals surface area (Å²) in [5.41, 5.74) is -2.79. The van der Waals surface area contributed by atoms with Crippen molar-refractivity contribution in [3.8, 4) is 5.75 Å². The third-order valence-corrected chi connectivity index (χ3v) is 7.99. The quantitative estimate of drug-likeness (QED) is 0.548. The van der Waals surface area contributed by atoms with Crippen molar-refractivity contribution < 1.29 is 41.8 Å². The lowest BCUT2D eigenvalue weighted by molar-refractivity contribution is -0.217. The van der Waals surface area contributed by atoms with Crippen LogP contribution in [0.1, 0.15) is 71.9 Å². The zero-order valence-corrected chi connectivity index (χ0v) is 24.5. The Hall–Kier alpha value is -3.51. The second-order valence-corrected chi connectivity index (χ2v) is 12.6. The number of nitrogens with one attached hydrogen (secondary N) is 2. The molecule has 0 aliphatic carbocycles. The number of halogens is 3. The van der Waals surface area contributed by atoms with Crippen molar-refractivity contribution >= 4 is 23.8 Å². The van der Waals surface area contributed by atoms with E-state index in [1.807, 2.05) is 24.3 Å². The Labute approximate surface area is 243 Å². The van der Waals surface area contributed by atoms with Crippen LogP contribution >= 0.6 is 0 Å². The number of alkyl halides is 3. The summed E-state index contributed by atoms with van der Waals surface area (Å²) in [5, 5.41) is 5.50. The SMILES string of the molecule is CC(C)(C)OC(=O)N[C@H]1CN(C(=O)C(C)(C)C(F)(F)F)CC[C@H]2CC[C@@H](C(=O)N[C@@H]3CCOc4ccccc43)N2C1=O. The fourth-order valence-electron chi connectivity index (χ4n) is 5.65. The highest BCUT2D eigenvalue weighted by atomic mass is 19.4. The molecule has 3 aliphatic rings. The topological polar surface area (TPSA) is 117 Å². The number of carbonyl (C=O) groups excluding carboxylic acids is 4. The third kappa shape index (κ3) is 6.59. The minimum atomic E-state index is -4.82. The van der Waals surface area contributed by atoms with Crippen LogP contribution in [0.2, 0.25) is 0 Å². The highest BCUT2D eigenvalue weighted by Crippen LogP contribution is 2.40. The number of benzene rings is 1. The molecule has 2 fully saturated rings. The Morgan fingerprint density at radius 2 is 1.64 bits per heavy atom. The minimum absolute atomic E-state index is 0.0824. The molecule has 3 heterocycles. The standard InChI is InChI=1S/C29H39F3N4O6/c1-27(2,3)42-26(40)34-20-16-35(25(39)28(4,5)29(30,31)32)14-12-17-10-11-21(36(17)24(20)38)23(37)33-19-13-15-41-22-9-7-6-8-18(19)22/h6-9,17,19-21H,10-16H2,1-5H3,(H,33,37)(H,34,40)/t17-,19-,20+,21+/m1/s1. The number of nitrogens with zero attached hydrogens (tertiary/aromatic N) is 2. The molecule has 2 saturated heterocycles. The predicted molar refractivity (Wildman–Crippen MR) is 145 cm³/mol. The Balaban J connectivity index is 1.59. The molecule has 0 aromatic heterocycles. The summed E-state index contributed by atoms with van der Waals surface area (Å²) in [6, 6.07) is 4.27. The third-order valence-electron chi connectivity index (χ3n) is 7.99. The highest BCUT2D eigenvalue weighted by molar-refractivity contribution is 5.93. The first-order chi connectivity index (χ1) is 19.5. The number of fused-ring (bicyclic) bond motifs is 2. The maximum atomic E-state index is 14.0. The van der Waals surface area contributed by atoms with Gasteiger partial charge in [-0.05, 0) is 59.9 Å². The maximum Gasteiger partial charge on any atom is 0.408 e. The Morgan fingerprint density at radius 3 is 2.31 bits per heavy atom. The highest BCUT2D eigenvalue weighted by Gasteiger charge is 2.55. The van der Waals surface area contributed by atoms with Crippen molar-refractivity contribution in [2.45, 2.75) is 96.2 Å². The number of rotatable bonds is 4. The first-order valence-corrected chi connectivity index (χ1v) is 14.2. The summed E-state index contributed by atoms with van der Waals surface area (Å²) >= 11 is 0. The van der Waals surface area contributed by atoms with Crippen molar-refractivity contribution in [1.82, 2.24) is 20.4 Å². The van der Waals surface area contributed by atoms with E-state index in [2.05, 4.69) is 10.6 Å². The second-order valence-electron chi connectivity index (χ2n) is 12.6. The van der Waals surface area contributed by atoms with Gasteiger partial charge < -0.3 is 29.9 Å². The van der Waals surface area contributed by atoms with Gasteiger partial charge in [-0.15, -0.1) is 0 Å². The lowest BCUT2D eigenvalue weighted by atomic mass is 9.90. The van der Waals surface area contributed by atoms with Crippen LogP contribution in [0, 0.1) is 5.41 Å². The number of carbonyl (C=O) groups is 4. The van der Waals surface area contributed by atoms with Crippen LogP contribution in [-0.4, -0.2) is 83.2 Å². The largest absolute Gasteiger partial charge is 0.493 e. The summed E-state index contributed by atoms with van der Waals surface area (Å²) in [5.74, 6) is -1.54. The Bertz CT molecular complexity index is 1210. The van der Waals surface area contributed by atoms with E-state index in [9.17, 15) is 32.3 Å². The average molecular weight is 597 g/mol. The van der Waals surface area contributed by atoms with Crippen LogP contribution in [-0.2, 0) is 19.1 Å². The first-order valence-electron chi connectivity index (χ1n) is 14.2. The molecule has 3 aliphatic heterocycles. The van der Waals surface area contributed by atoms with Crippen molar-refractivity contribution in [3.05, 3.63) is 29.8 Å². The number of hydrogen-bond donors (Lipinski definition) is 2. The molecule has 0 unspecified atom stereocenters. The number of alkyl carbamates (subject to hydrolysis) is 1. The minimum Gasteiger partial charge on any atom is -0.493 e. The van der Waals surface area contributed by atoms with Crippen molar-refractivity contribution in [2.75, 3.05) is 19.7 Å². The van der Waals surface area contributed by atoms with E-state index in [-0.39, 0.29) is 24.9 Å². The van der Waals surface area contributed by atoms with Gasteiger partial charge in [0, 0.05) is 24.6 Å². The number of hydrogen-bond acceptors (Lipinski definition) is 6. The second kappa shape index (κ2) is 11.6. The van der Waals surface area contributed by atoms with Gasteiger partial charge in [-0.3, -0.25) is 14.4 Å². The van der Waals surface area contributed by atoms with Gasteiger partial charge in [-0.2, -0.15) is 13.2 Å². The first kappa shape index (κ1) is 31.4. The van der Waals surface area contributed by atoms with Crippen LogP contribution in [0.4, 0.5) is 18.0 Å². The van der Waals surface area contributed by atoms with Gasteiger partial charge in [-0.25, -0.2) is 4.79 Å². The van der Waals surface area contributed by atoms with Crippen LogP contribution in [0.5, 0.6) is 5.75 Å². The summed E-state index contributed by atoms with van der Waals surface area (Å²) in [6.07, 6.45) is -4.31. The molecule has 1 aromatic carbocycles. The van der Waals surface area contributed by atoms with E-state index in [0.29, 0.717) is 31.6 Å². The molecule has 232 valence electrons. The van der Waals surface area contributed by atoms with Crippen molar-refractivity contribution in [3.63, 3.8) is 0 Å². The smallest absolute Gasteiger partial charge is 0.408 e.